The zero-order chi connectivity index (χ0) is 13.9. The minimum atomic E-state index is 0.185. The quantitative estimate of drug-likeness (QED) is 0.896. The normalized spacial score (nSPS) is 19.6. The van der Waals surface area contributed by atoms with Gasteiger partial charge in [0.1, 0.15) is 5.75 Å². The first-order chi connectivity index (χ1) is 9.79. The number of benzene rings is 1. The molecular weight excluding hydrogens is 252 g/mol. The maximum atomic E-state index is 12.7. The summed E-state index contributed by atoms with van der Waals surface area (Å²) in [7, 11) is 1.68. The second kappa shape index (κ2) is 5.83. The van der Waals surface area contributed by atoms with E-state index in [9.17, 15) is 4.79 Å². The SMILES string of the molecule is COc1ccc2c(c1)CCCN2C(=O)C1CCNCC1. The molecule has 1 aromatic rings. The highest BCUT2D eigenvalue weighted by Gasteiger charge is 2.29. The van der Waals surface area contributed by atoms with Crippen molar-refractivity contribution in [1.29, 1.82) is 0 Å². The molecule has 0 radical (unpaired) electrons. The Morgan fingerprint density at radius 2 is 2.15 bits per heavy atom. The molecule has 0 bridgehead atoms. The van der Waals surface area contributed by atoms with Crippen LogP contribution in [0.1, 0.15) is 24.8 Å². The molecule has 20 heavy (non-hydrogen) atoms. The Kier molecular flexibility index (Phi) is 3.92. The van der Waals surface area contributed by atoms with Gasteiger partial charge in [0, 0.05) is 18.2 Å². The monoisotopic (exact) mass is 274 g/mol. The lowest BCUT2D eigenvalue weighted by molar-refractivity contribution is -0.123. The van der Waals surface area contributed by atoms with Gasteiger partial charge in [0.2, 0.25) is 5.91 Å². The van der Waals surface area contributed by atoms with Gasteiger partial charge in [0.25, 0.3) is 0 Å². The number of rotatable bonds is 2. The Hall–Kier alpha value is -1.55. The fourth-order valence-corrected chi connectivity index (χ4v) is 3.22. The number of anilines is 1. The molecule has 1 fully saturated rings. The molecule has 0 atom stereocenters. The smallest absolute Gasteiger partial charge is 0.230 e. The van der Waals surface area contributed by atoms with Crippen molar-refractivity contribution >= 4 is 11.6 Å². The lowest BCUT2D eigenvalue weighted by atomic mass is 9.94. The van der Waals surface area contributed by atoms with Crippen LogP contribution < -0.4 is 15.0 Å². The Morgan fingerprint density at radius 1 is 1.35 bits per heavy atom. The summed E-state index contributed by atoms with van der Waals surface area (Å²) < 4.78 is 5.28. The van der Waals surface area contributed by atoms with Crippen LogP contribution >= 0.6 is 0 Å². The largest absolute Gasteiger partial charge is 0.497 e. The highest BCUT2D eigenvalue weighted by atomic mass is 16.5. The number of carbonyl (C=O) groups is 1. The average molecular weight is 274 g/mol. The molecule has 0 aliphatic carbocycles. The number of fused-ring (bicyclic) bond motifs is 1. The van der Waals surface area contributed by atoms with Crippen molar-refractivity contribution in [3.63, 3.8) is 0 Å². The molecule has 0 spiro atoms. The Bertz CT molecular complexity index is 495. The third kappa shape index (κ3) is 2.52. The molecule has 1 amide bonds. The van der Waals surface area contributed by atoms with E-state index >= 15 is 0 Å². The molecule has 0 unspecified atom stereocenters. The maximum absolute atomic E-state index is 12.7. The zero-order valence-electron chi connectivity index (χ0n) is 12.0. The summed E-state index contributed by atoms with van der Waals surface area (Å²) >= 11 is 0. The van der Waals surface area contributed by atoms with Crippen molar-refractivity contribution in [2.45, 2.75) is 25.7 Å². The van der Waals surface area contributed by atoms with E-state index in [1.165, 1.54) is 5.56 Å². The van der Waals surface area contributed by atoms with Crippen LogP contribution in [-0.2, 0) is 11.2 Å². The molecule has 1 N–H and O–H groups in total. The van der Waals surface area contributed by atoms with Gasteiger partial charge in [-0.05, 0) is 62.5 Å². The number of ether oxygens (including phenoxy) is 1. The van der Waals surface area contributed by atoms with E-state index in [0.29, 0.717) is 5.91 Å². The highest BCUT2D eigenvalue weighted by Crippen LogP contribution is 2.32. The molecular formula is C16H22N2O2. The van der Waals surface area contributed by atoms with Crippen LogP contribution in [0.4, 0.5) is 5.69 Å². The molecule has 108 valence electrons. The Labute approximate surface area is 120 Å². The topological polar surface area (TPSA) is 41.6 Å². The molecule has 1 aromatic carbocycles. The third-order valence-corrected chi connectivity index (χ3v) is 4.36. The Balaban J connectivity index is 1.83. The average Bonchev–Trinajstić information content (AvgIpc) is 2.54. The lowest BCUT2D eigenvalue weighted by Crippen LogP contribution is -2.43. The minimum Gasteiger partial charge on any atom is -0.497 e. The second-order valence-corrected chi connectivity index (χ2v) is 5.61. The zero-order valence-corrected chi connectivity index (χ0v) is 12.0. The first-order valence-corrected chi connectivity index (χ1v) is 7.48. The van der Waals surface area contributed by atoms with Crippen LogP contribution in [0.3, 0.4) is 0 Å². The van der Waals surface area contributed by atoms with Gasteiger partial charge in [0.15, 0.2) is 0 Å². The van der Waals surface area contributed by atoms with E-state index in [4.69, 9.17) is 4.74 Å². The fourth-order valence-electron chi connectivity index (χ4n) is 3.22. The van der Waals surface area contributed by atoms with Crippen molar-refractivity contribution in [3.8, 4) is 5.75 Å². The molecule has 2 aliphatic rings. The molecule has 0 saturated carbocycles. The van der Waals surface area contributed by atoms with Crippen LogP contribution in [0.2, 0.25) is 0 Å². The van der Waals surface area contributed by atoms with E-state index in [1.807, 2.05) is 17.0 Å². The maximum Gasteiger partial charge on any atom is 0.230 e. The van der Waals surface area contributed by atoms with Crippen molar-refractivity contribution in [2.75, 3.05) is 31.6 Å². The summed E-state index contributed by atoms with van der Waals surface area (Å²) in [6, 6.07) is 6.05. The minimum absolute atomic E-state index is 0.185. The number of methoxy groups -OCH3 is 1. The first kappa shape index (κ1) is 13.4. The van der Waals surface area contributed by atoms with Gasteiger partial charge in [-0.3, -0.25) is 4.79 Å². The summed E-state index contributed by atoms with van der Waals surface area (Å²) in [6.07, 6.45) is 3.99. The van der Waals surface area contributed by atoms with Gasteiger partial charge >= 0.3 is 0 Å². The van der Waals surface area contributed by atoms with Gasteiger partial charge in [-0.25, -0.2) is 0 Å². The van der Waals surface area contributed by atoms with Gasteiger partial charge in [-0.15, -0.1) is 0 Å². The lowest BCUT2D eigenvalue weighted by Gasteiger charge is -2.34. The predicted octanol–water partition coefficient (Wildman–Crippen LogP) is 1.97. The fraction of sp³-hybridized carbons (Fsp3) is 0.562. The number of nitrogens with one attached hydrogen (secondary N) is 1. The molecule has 2 heterocycles. The van der Waals surface area contributed by atoms with Crippen molar-refractivity contribution < 1.29 is 9.53 Å². The van der Waals surface area contributed by atoms with Crippen LogP contribution in [0.15, 0.2) is 18.2 Å². The van der Waals surface area contributed by atoms with Gasteiger partial charge < -0.3 is 15.0 Å². The van der Waals surface area contributed by atoms with Crippen LogP contribution in [0, 0.1) is 5.92 Å². The third-order valence-electron chi connectivity index (χ3n) is 4.36. The number of aryl methyl sites for hydroxylation is 1. The predicted molar refractivity (Wildman–Crippen MR) is 79.3 cm³/mol. The molecule has 2 aliphatic heterocycles. The number of hydrogen-bond acceptors (Lipinski definition) is 3. The van der Waals surface area contributed by atoms with Crippen LogP contribution in [0.5, 0.6) is 5.75 Å². The van der Waals surface area contributed by atoms with Gasteiger partial charge in [0.05, 0.1) is 7.11 Å². The first-order valence-electron chi connectivity index (χ1n) is 7.48. The summed E-state index contributed by atoms with van der Waals surface area (Å²) in [6.45, 7) is 2.77. The highest BCUT2D eigenvalue weighted by molar-refractivity contribution is 5.96. The van der Waals surface area contributed by atoms with E-state index in [2.05, 4.69) is 11.4 Å². The van der Waals surface area contributed by atoms with Crippen molar-refractivity contribution in [2.24, 2.45) is 5.92 Å². The van der Waals surface area contributed by atoms with E-state index in [1.54, 1.807) is 7.11 Å². The van der Waals surface area contributed by atoms with E-state index in [-0.39, 0.29) is 5.92 Å². The summed E-state index contributed by atoms with van der Waals surface area (Å²) in [4.78, 5) is 14.7. The molecule has 3 rings (SSSR count). The standard InChI is InChI=1S/C16H22N2O2/c1-20-14-4-5-15-13(11-14)3-2-10-18(15)16(19)12-6-8-17-9-7-12/h4-5,11-12,17H,2-3,6-10H2,1H3. The van der Waals surface area contributed by atoms with Gasteiger partial charge in [-0.1, -0.05) is 0 Å². The number of hydrogen-bond donors (Lipinski definition) is 1. The van der Waals surface area contributed by atoms with E-state index < -0.39 is 0 Å². The number of piperidine rings is 1. The second-order valence-electron chi connectivity index (χ2n) is 5.61. The number of nitrogens with zero attached hydrogens (tertiary/aromatic N) is 1. The Morgan fingerprint density at radius 3 is 2.90 bits per heavy atom. The van der Waals surface area contributed by atoms with Crippen molar-refractivity contribution in [3.05, 3.63) is 23.8 Å². The van der Waals surface area contributed by atoms with Crippen LogP contribution in [-0.4, -0.2) is 32.7 Å². The summed E-state index contributed by atoms with van der Waals surface area (Å²) in [5.74, 6) is 1.36. The molecule has 0 aromatic heterocycles. The summed E-state index contributed by atoms with van der Waals surface area (Å²) in [5.41, 5.74) is 2.32. The van der Waals surface area contributed by atoms with Crippen molar-refractivity contribution in [1.82, 2.24) is 5.32 Å². The molecule has 1 saturated heterocycles. The molecule has 4 heteroatoms. The number of carbonyl (C=O) groups excluding carboxylic acids is 1. The van der Waals surface area contributed by atoms with Gasteiger partial charge in [-0.2, -0.15) is 0 Å². The number of amides is 1. The summed E-state index contributed by atoms with van der Waals surface area (Å²) in [5, 5.41) is 3.32. The van der Waals surface area contributed by atoms with E-state index in [0.717, 1.165) is 56.8 Å². The van der Waals surface area contributed by atoms with Crippen LogP contribution in [0.25, 0.3) is 0 Å². The molecule has 4 nitrogen and oxygen atoms in total.